The monoisotopic (exact) mass is 439 g/mol. The van der Waals surface area contributed by atoms with Crippen LogP contribution in [0.25, 0.3) is 0 Å². The molecule has 1 atom stereocenters. The van der Waals surface area contributed by atoms with Crippen molar-refractivity contribution in [2.24, 2.45) is 10.7 Å². The molecule has 2 amide bonds. The number of ether oxygens (including phenoxy) is 1. The van der Waals surface area contributed by atoms with Gasteiger partial charge in [-0.3, -0.25) is 4.79 Å². The Morgan fingerprint density at radius 2 is 2.07 bits per heavy atom. The predicted molar refractivity (Wildman–Crippen MR) is 115 cm³/mol. The van der Waals surface area contributed by atoms with E-state index in [1.807, 2.05) is 6.92 Å². The maximum atomic E-state index is 14.2. The molecule has 2 rings (SSSR count). The van der Waals surface area contributed by atoms with Crippen LogP contribution < -0.4 is 21.7 Å². The number of carbonyl (C=O) groups excluding carboxylic acids is 2. The van der Waals surface area contributed by atoms with Crippen molar-refractivity contribution in [2.75, 3.05) is 11.9 Å². The topological polar surface area (TPSA) is 118 Å². The van der Waals surface area contributed by atoms with Gasteiger partial charge in [0, 0.05) is 12.2 Å². The lowest BCUT2D eigenvalue weighted by atomic mass is 10.1. The summed E-state index contributed by atoms with van der Waals surface area (Å²) < 4.78 is 19.3. The predicted octanol–water partition coefficient (Wildman–Crippen LogP) is 2.98. The molecule has 30 heavy (non-hydrogen) atoms. The zero-order valence-electron chi connectivity index (χ0n) is 17.4. The lowest BCUT2D eigenvalue weighted by Crippen LogP contribution is -2.42. The molecule has 0 radical (unpaired) electrons. The second-order valence-corrected chi connectivity index (χ2v) is 8.12. The summed E-state index contributed by atoms with van der Waals surface area (Å²) in [5, 5.41) is 8.78. The van der Waals surface area contributed by atoms with Crippen LogP contribution in [-0.4, -0.2) is 35.4 Å². The van der Waals surface area contributed by atoms with Gasteiger partial charge in [0.1, 0.15) is 22.3 Å². The van der Waals surface area contributed by atoms with E-state index in [1.165, 1.54) is 12.1 Å². The maximum Gasteiger partial charge on any atom is 0.407 e. The highest BCUT2D eigenvalue weighted by atomic mass is 35.5. The number of nitrogens with zero attached hydrogens (tertiary/aromatic N) is 1. The van der Waals surface area contributed by atoms with Crippen LogP contribution in [0.2, 0.25) is 0 Å². The largest absolute Gasteiger partial charge is 0.444 e. The standard InChI is InChI=1S/C20H27ClFN5O3/c1-5-14-16(21)27-18(15(26-14)17(23)28)25-12-6-7-13(22)11(10-12)8-9-24-19(29)30-20(2,3)4/h6-7,10,14,25-26H,5,8-9H2,1-4H3,(H2,23,28)(H,24,29). The van der Waals surface area contributed by atoms with Gasteiger partial charge in [0.25, 0.3) is 5.91 Å². The van der Waals surface area contributed by atoms with E-state index in [1.54, 1.807) is 26.8 Å². The van der Waals surface area contributed by atoms with Crippen LogP contribution in [0.1, 0.15) is 39.7 Å². The molecular weight excluding hydrogens is 413 g/mol. The van der Waals surface area contributed by atoms with Gasteiger partial charge in [-0.05, 0) is 57.4 Å². The van der Waals surface area contributed by atoms with Crippen LogP contribution in [0.4, 0.5) is 14.9 Å². The van der Waals surface area contributed by atoms with Crippen molar-refractivity contribution in [2.45, 2.75) is 52.2 Å². The first-order valence-electron chi connectivity index (χ1n) is 9.57. The fourth-order valence-corrected chi connectivity index (χ4v) is 2.98. The number of halogens is 2. The first kappa shape index (κ1) is 23.5. The summed E-state index contributed by atoms with van der Waals surface area (Å²) >= 11 is 6.16. The molecule has 1 aliphatic heterocycles. The van der Waals surface area contributed by atoms with Crippen LogP contribution in [0.15, 0.2) is 34.7 Å². The summed E-state index contributed by atoms with van der Waals surface area (Å²) in [6.45, 7) is 7.36. The summed E-state index contributed by atoms with van der Waals surface area (Å²) in [6, 6.07) is 4.04. The number of aliphatic imine (C=N–C) groups is 1. The number of carbonyl (C=O) groups is 2. The number of nitrogens with two attached hydrogens (primary N) is 1. The summed E-state index contributed by atoms with van der Waals surface area (Å²) in [4.78, 5) is 27.7. The Labute approximate surface area is 180 Å². The number of rotatable bonds is 7. The van der Waals surface area contributed by atoms with Crippen molar-refractivity contribution in [3.05, 3.63) is 41.1 Å². The number of nitrogens with one attached hydrogen (secondary N) is 3. The fourth-order valence-electron chi connectivity index (χ4n) is 2.69. The Hall–Kier alpha value is -2.81. The van der Waals surface area contributed by atoms with E-state index in [4.69, 9.17) is 22.1 Å². The molecule has 1 aromatic rings. The number of hydrogen-bond donors (Lipinski definition) is 4. The SMILES string of the molecule is CCC1NC(C(N)=O)=C(Nc2ccc(F)c(CCNC(=O)OC(C)(C)C)c2)N=C1Cl. The fraction of sp³-hybridized carbons (Fsp3) is 0.450. The van der Waals surface area contributed by atoms with Gasteiger partial charge in [0.05, 0.1) is 6.04 Å². The molecule has 0 fully saturated rings. The molecule has 0 saturated carbocycles. The van der Waals surface area contributed by atoms with Gasteiger partial charge < -0.3 is 26.4 Å². The summed E-state index contributed by atoms with van der Waals surface area (Å²) in [6.07, 6.45) is 0.288. The Balaban J connectivity index is 2.11. The minimum Gasteiger partial charge on any atom is -0.444 e. The summed E-state index contributed by atoms with van der Waals surface area (Å²) in [5.74, 6) is -0.959. The van der Waals surface area contributed by atoms with E-state index in [9.17, 15) is 14.0 Å². The van der Waals surface area contributed by atoms with Crippen LogP contribution in [0.5, 0.6) is 0 Å². The molecule has 8 nitrogen and oxygen atoms in total. The summed E-state index contributed by atoms with van der Waals surface area (Å²) in [7, 11) is 0. The van der Waals surface area contributed by atoms with Gasteiger partial charge in [-0.1, -0.05) is 18.5 Å². The van der Waals surface area contributed by atoms with Crippen LogP contribution in [0, 0.1) is 5.82 Å². The molecule has 0 aromatic heterocycles. The molecule has 0 saturated heterocycles. The molecule has 0 spiro atoms. The Kier molecular flexibility index (Phi) is 7.66. The number of anilines is 1. The average Bonchev–Trinajstić information content (AvgIpc) is 2.62. The van der Waals surface area contributed by atoms with Crippen molar-refractivity contribution >= 4 is 34.5 Å². The highest BCUT2D eigenvalue weighted by Crippen LogP contribution is 2.21. The normalized spacial score (nSPS) is 16.5. The Morgan fingerprint density at radius 1 is 1.37 bits per heavy atom. The van der Waals surface area contributed by atoms with E-state index in [0.29, 0.717) is 17.7 Å². The van der Waals surface area contributed by atoms with Crippen LogP contribution in [0.3, 0.4) is 0 Å². The third-order valence-electron chi connectivity index (χ3n) is 4.09. The number of amides is 2. The minimum absolute atomic E-state index is 0.101. The van der Waals surface area contributed by atoms with Crippen LogP contribution in [-0.2, 0) is 16.0 Å². The second kappa shape index (κ2) is 9.80. The molecule has 1 aliphatic rings. The molecule has 5 N–H and O–H groups in total. The lowest BCUT2D eigenvalue weighted by Gasteiger charge is -2.24. The molecular formula is C20H27ClFN5O3. The lowest BCUT2D eigenvalue weighted by molar-refractivity contribution is -0.115. The van der Waals surface area contributed by atoms with Gasteiger partial charge in [-0.15, -0.1) is 0 Å². The average molecular weight is 440 g/mol. The molecule has 1 heterocycles. The van der Waals surface area contributed by atoms with E-state index >= 15 is 0 Å². The van der Waals surface area contributed by atoms with Gasteiger partial charge in [-0.2, -0.15) is 0 Å². The first-order chi connectivity index (χ1) is 14.0. The first-order valence-corrected chi connectivity index (χ1v) is 9.95. The van der Waals surface area contributed by atoms with Crippen LogP contribution >= 0.6 is 11.6 Å². The number of primary amides is 1. The van der Waals surface area contributed by atoms with Crippen molar-refractivity contribution < 1.29 is 18.7 Å². The van der Waals surface area contributed by atoms with E-state index < -0.39 is 23.4 Å². The molecule has 10 heteroatoms. The van der Waals surface area contributed by atoms with Crippen molar-refractivity contribution in [3.8, 4) is 0 Å². The summed E-state index contributed by atoms with van der Waals surface area (Å²) in [5.41, 5.74) is 5.78. The smallest absolute Gasteiger partial charge is 0.407 e. The molecule has 0 aliphatic carbocycles. The van der Waals surface area contributed by atoms with Crippen molar-refractivity contribution in [1.29, 1.82) is 0 Å². The third kappa shape index (κ3) is 6.62. The maximum absolute atomic E-state index is 14.2. The zero-order chi connectivity index (χ0) is 22.5. The van der Waals surface area contributed by atoms with Crippen molar-refractivity contribution in [3.63, 3.8) is 0 Å². The Bertz CT molecular complexity index is 880. The highest BCUT2D eigenvalue weighted by molar-refractivity contribution is 6.67. The van der Waals surface area contributed by atoms with E-state index in [2.05, 4.69) is 20.9 Å². The zero-order valence-corrected chi connectivity index (χ0v) is 18.2. The van der Waals surface area contributed by atoms with Gasteiger partial charge in [0.15, 0.2) is 5.82 Å². The van der Waals surface area contributed by atoms with Gasteiger partial charge in [0.2, 0.25) is 0 Å². The molecule has 1 unspecified atom stereocenters. The van der Waals surface area contributed by atoms with E-state index in [-0.39, 0.29) is 35.7 Å². The Morgan fingerprint density at radius 3 is 2.67 bits per heavy atom. The quantitative estimate of drug-likeness (QED) is 0.521. The van der Waals surface area contributed by atoms with E-state index in [0.717, 1.165) is 0 Å². The second-order valence-electron chi connectivity index (χ2n) is 7.74. The van der Waals surface area contributed by atoms with Crippen molar-refractivity contribution in [1.82, 2.24) is 10.6 Å². The number of hydrogen-bond acceptors (Lipinski definition) is 6. The van der Waals surface area contributed by atoms with Gasteiger partial charge >= 0.3 is 6.09 Å². The molecule has 164 valence electrons. The third-order valence-corrected chi connectivity index (χ3v) is 4.44. The minimum atomic E-state index is -0.687. The number of benzene rings is 1. The number of alkyl carbamates (subject to hydrolysis) is 1. The highest BCUT2D eigenvalue weighted by Gasteiger charge is 2.25. The molecule has 1 aromatic carbocycles. The molecule has 0 bridgehead atoms. The van der Waals surface area contributed by atoms with Gasteiger partial charge in [-0.25, -0.2) is 14.2 Å².